The van der Waals surface area contributed by atoms with Crippen LogP contribution in [0.4, 0.5) is 4.39 Å². The smallest absolute Gasteiger partial charge is 0.338 e. The summed E-state index contributed by atoms with van der Waals surface area (Å²) in [6.45, 7) is 0.383. The van der Waals surface area contributed by atoms with Gasteiger partial charge in [-0.3, -0.25) is 0 Å². The van der Waals surface area contributed by atoms with Crippen molar-refractivity contribution in [3.05, 3.63) is 47.1 Å². The van der Waals surface area contributed by atoms with Crippen LogP contribution in [-0.4, -0.2) is 23.3 Å². The van der Waals surface area contributed by atoms with Crippen molar-refractivity contribution in [2.45, 2.75) is 13.2 Å². The van der Waals surface area contributed by atoms with Gasteiger partial charge in [-0.05, 0) is 12.1 Å². The van der Waals surface area contributed by atoms with Crippen LogP contribution in [0.1, 0.15) is 21.8 Å². The van der Waals surface area contributed by atoms with E-state index in [0.29, 0.717) is 18.1 Å². The van der Waals surface area contributed by atoms with Gasteiger partial charge in [-0.15, -0.1) is 0 Å². The normalized spacial score (nSPS) is 10.5. The lowest BCUT2D eigenvalue weighted by Crippen LogP contribution is -2.01. The van der Waals surface area contributed by atoms with Gasteiger partial charge >= 0.3 is 5.97 Å². The SMILES string of the molecule is COCc1cc(COc2ccc(C(=O)O)c(F)c2)no1. The van der Waals surface area contributed by atoms with Crippen molar-refractivity contribution >= 4 is 5.97 Å². The van der Waals surface area contributed by atoms with Crippen LogP contribution in [0.2, 0.25) is 0 Å². The van der Waals surface area contributed by atoms with Gasteiger partial charge < -0.3 is 19.1 Å². The number of halogens is 1. The van der Waals surface area contributed by atoms with Crippen LogP contribution < -0.4 is 4.74 Å². The molecule has 1 N–H and O–H groups in total. The maximum absolute atomic E-state index is 13.4. The number of aromatic carboxylic acids is 1. The Morgan fingerprint density at radius 3 is 2.85 bits per heavy atom. The highest BCUT2D eigenvalue weighted by Gasteiger charge is 2.11. The van der Waals surface area contributed by atoms with E-state index in [9.17, 15) is 9.18 Å². The number of nitrogens with zero attached hydrogens (tertiary/aromatic N) is 1. The number of hydrogen-bond acceptors (Lipinski definition) is 5. The van der Waals surface area contributed by atoms with E-state index in [0.717, 1.165) is 12.1 Å². The number of methoxy groups -OCH3 is 1. The molecule has 0 spiro atoms. The van der Waals surface area contributed by atoms with Gasteiger partial charge in [-0.25, -0.2) is 9.18 Å². The molecule has 0 fully saturated rings. The third-order valence-electron chi connectivity index (χ3n) is 2.45. The average molecular weight is 281 g/mol. The molecule has 2 aromatic rings. The molecular formula is C13H12FNO5. The van der Waals surface area contributed by atoms with Crippen LogP contribution in [0, 0.1) is 5.82 Å². The molecule has 0 radical (unpaired) electrons. The maximum Gasteiger partial charge on any atom is 0.338 e. The molecule has 0 unspecified atom stereocenters. The number of carboxylic acid groups (broad SMARTS) is 1. The Labute approximate surface area is 113 Å². The number of benzene rings is 1. The highest BCUT2D eigenvalue weighted by Crippen LogP contribution is 2.18. The Morgan fingerprint density at radius 1 is 1.40 bits per heavy atom. The molecular weight excluding hydrogens is 269 g/mol. The second-order valence-corrected chi connectivity index (χ2v) is 3.95. The summed E-state index contributed by atoms with van der Waals surface area (Å²) in [5.41, 5.74) is 0.126. The molecule has 0 amide bonds. The van der Waals surface area contributed by atoms with E-state index >= 15 is 0 Å². The zero-order valence-corrected chi connectivity index (χ0v) is 10.6. The summed E-state index contributed by atoms with van der Waals surface area (Å²) in [6.07, 6.45) is 0. The molecule has 0 saturated carbocycles. The molecule has 20 heavy (non-hydrogen) atoms. The fourth-order valence-corrected chi connectivity index (χ4v) is 1.55. The molecule has 0 bridgehead atoms. The Morgan fingerprint density at radius 2 is 2.20 bits per heavy atom. The molecule has 0 aliphatic heterocycles. The zero-order valence-electron chi connectivity index (χ0n) is 10.6. The molecule has 1 aromatic heterocycles. The third-order valence-corrected chi connectivity index (χ3v) is 2.45. The van der Waals surface area contributed by atoms with Crippen LogP contribution in [0.3, 0.4) is 0 Å². The van der Waals surface area contributed by atoms with Crippen LogP contribution in [0.5, 0.6) is 5.75 Å². The minimum atomic E-state index is -1.32. The van der Waals surface area contributed by atoms with E-state index in [1.807, 2.05) is 0 Å². The maximum atomic E-state index is 13.4. The number of ether oxygens (including phenoxy) is 2. The predicted octanol–water partition coefficient (Wildman–Crippen LogP) is 2.24. The number of aromatic nitrogens is 1. The van der Waals surface area contributed by atoms with Gasteiger partial charge in [0, 0.05) is 19.2 Å². The summed E-state index contributed by atoms with van der Waals surface area (Å²) in [6, 6.07) is 5.19. The van der Waals surface area contributed by atoms with Crippen molar-refractivity contribution in [3.63, 3.8) is 0 Å². The first kappa shape index (κ1) is 14.0. The predicted molar refractivity (Wildman–Crippen MR) is 64.9 cm³/mol. The van der Waals surface area contributed by atoms with Gasteiger partial charge in [0.25, 0.3) is 0 Å². The Bertz CT molecular complexity index is 611. The summed E-state index contributed by atoms with van der Waals surface area (Å²) >= 11 is 0. The monoisotopic (exact) mass is 281 g/mol. The minimum Gasteiger partial charge on any atom is -0.487 e. The van der Waals surface area contributed by atoms with Gasteiger partial charge in [0.2, 0.25) is 0 Å². The lowest BCUT2D eigenvalue weighted by Gasteiger charge is -2.05. The molecule has 1 aromatic carbocycles. The van der Waals surface area contributed by atoms with Crippen molar-refractivity contribution < 1.29 is 28.3 Å². The minimum absolute atomic E-state index is 0.0824. The van der Waals surface area contributed by atoms with Crippen LogP contribution in [-0.2, 0) is 18.0 Å². The first-order chi connectivity index (χ1) is 9.60. The molecule has 0 aliphatic carbocycles. The van der Waals surface area contributed by atoms with E-state index < -0.39 is 17.3 Å². The van der Waals surface area contributed by atoms with Crippen molar-refractivity contribution in [1.82, 2.24) is 5.16 Å². The summed E-state index contributed by atoms with van der Waals surface area (Å²) in [4.78, 5) is 10.7. The number of carboxylic acids is 1. The number of carbonyl (C=O) groups is 1. The Balaban J connectivity index is 1.99. The highest BCUT2D eigenvalue weighted by molar-refractivity contribution is 5.88. The molecule has 0 aliphatic rings. The van der Waals surface area contributed by atoms with Crippen molar-refractivity contribution in [2.24, 2.45) is 0 Å². The molecule has 6 nitrogen and oxygen atoms in total. The average Bonchev–Trinajstić information content (AvgIpc) is 2.84. The van der Waals surface area contributed by atoms with Gasteiger partial charge in [0.15, 0.2) is 5.76 Å². The summed E-state index contributed by atoms with van der Waals surface area (Å²) < 4.78 is 28.6. The number of rotatable bonds is 6. The van der Waals surface area contributed by atoms with Crippen molar-refractivity contribution in [3.8, 4) is 5.75 Å². The van der Waals surface area contributed by atoms with E-state index in [4.69, 9.17) is 19.1 Å². The lowest BCUT2D eigenvalue weighted by atomic mass is 10.2. The quantitative estimate of drug-likeness (QED) is 0.874. The molecule has 0 saturated heterocycles. The van der Waals surface area contributed by atoms with Gasteiger partial charge in [0.1, 0.15) is 30.5 Å². The Kier molecular flexibility index (Phi) is 4.31. The molecule has 7 heteroatoms. The molecule has 0 atom stereocenters. The van der Waals surface area contributed by atoms with Crippen LogP contribution in [0.25, 0.3) is 0 Å². The highest BCUT2D eigenvalue weighted by atomic mass is 19.1. The molecule has 106 valence electrons. The zero-order chi connectivity index (χ0) is 14.5. The van der Waals surface area contributed by atoms with Crippen LogP contribution in [0.15, 0.2) is 28.8 Å². The van der Waals surface area contributed by atoms with E-state index in [1.165, 1.54) is 13.2 Å². The standard InChI is InChI=1S/C13H12FNO5/c1-18-7-10-4-8(15-20-10)6-19-9-2-3-11(13(16)17)12(14)5-9/h2-5H,6-7H2,1H3,(H,16,17). The second kappa shape index (κ2) is 6.16. The van der Waals surface area contributed by atoms with Crippen molar-refractivity contribution in [1.29, 1.82) is 0 Å². The fraction of sp³-hybridized carbons (Fsp3) is 0.231. The third kappa shape index (κ3) is 3.33. The number of hydrogen-bond donors (Lipinski definition) is 1. The molecule has 2 rings (SSSR count). The van der Waals surface area contributed by atoms with Crippen molar-refractivity contribution in [2.75, 3.05) is 7.11 Å². The first-order valence-electron chi connectivity index (χ1n) is 5.69. The topological polar surface area (TPSA) is 81.8 Å². The lowest BCUT2D eigenvalue weighted by molar-refractivity contribution is 0.0692. The summed E-state index contributed by atoms with van der Waals surface area (Å²) in [5, 5.41) is 12.5. The van der Waals surface area contributed by atoms with E-state index in [2.05, 4.69) is 5.16 Å². The molecule has 1 heterocycles. The van der Waals surface area contributed by atoms with Crippen LogP contribution >= 0.6 is 0 Å². The summed E-state index contributed by atoms with van der Waals surface area (Å²) in [5.74, 6) is -1.41. The fourth-order valence-electron chi connectivity index (χ4n) is 1.55. The van der Waals surface area contributed by atoms with Gasteiger partial charge in [0.05, 0.1) is 5.56 Å². The Hall–Kier alpha value is -2.41. The summed E-state index contributed by atoms with van der Waals surface area (Å²) in [7, 11) is 1.53. The first-order valence-corrected chi connectivity index (χ1v) is 5.69. The largest absolute Gasteiger partial charge is 0.487 e. The van der Waals surface area contributed by atoms with Gasteiger partial charge in [-0.1, -0.05) is 5.16 Å². The van der Waals surface area contributed by atoms with E-state index in [-0.39, 0.29) is 12.4 Å². The van der Waals surface area contributed by atoms with E-state index in [1.54, 1.807) is 6.07 Å². The van der Waals surface area contributed by atoms with Gasteiger partial charge in [-0.2, -0.15) is 0 Å². The second-order valence-electron chi connectivity index (χ2n) is 3.95.